The van der Waals surface area contributed by atoms with Crippen LogP contribution in [0.4, 0.5) is 10.6 Å². The minimum absolute atomic E-state index is 0.279. The van der Waals surface area contributed by atoms with E-state index in [1.54, 1.807) is 18.5 Å². The van der Waals surface area contributed by atoms with Crippen molar-refractivity contribution in [2.24, 2.45) is 5.73 Å². The number of H-pyrrole nitrogens is 1. The van der Waals surface area contributed by atoms with Crippen LogP contribution in [0.1, 0.15) is 30.0 Å². The quantitative estimate of drug-likeness (QED) is 0.267. The zero-order valence-corrected chi connectivity index (χ0v) is 22.1. The number of urea groups is 1. The van der Waals surface area contributed by atoms with E-state index < -0.39 is 11.0 Å². The molecule has 5 rings (SSSR count). The molecule has 4 aromatic rings. The monoisotopic (exact) mass is 535 g/mol. The lowest BCUT2D eigenvalue weighted by molar-refractivity contribution is 0.251. The maximum absolute atomic E-state index is 12.3. The van der Waals surface area contributed by atoms with Gasteiger partial charge in [-0.25, -0.2) is 13.3 Å². The molecule has 3 heterocycles. The summed E-state index contributed by atoms with van der Waals surface area (Å²) in [5.74, 6) is 0.532. The Morgan fingerprint density at radius 1 is 1.22 bits per heavy atom. The van der Waals surface area contributed by atoms with Gasteiger partial charge in [-0.3, -0.25) is 10.4 Å². The first kappa shape index (κ1) is 25.1. The lowest BCUT2D eigenvalue weighted by Crippen LogP contribution is -2.35. The van der Waals surface area contributed by atoms with Crippen molar-refractivity contribution in [1.82, 2.24) is 24.4 Å². The van der Waals surface area contributed by atoms with Crippen LogP contribution in [-0.2, 0) is 17.5 Å². The van der Waals surface area contributed by atoms with Crippen molar-refractivity contribution in [2.75, 3.05) is 24.7 Å². The van der Waals surface area contributed by atoms with Crippen LogP contribution < -0.4 is 16.4 Å². The third-order valence-electron chi connectivity index (χ3n) is 6.74. The van der Waals surface area contributed by atoms with Gasteiger partial charge in [-0.05, 0) is 36.1 Å². The van der Waals surface area contributed by atoms with Gasteiger partial charge < -0.3 is 15.6 Å². The molecule has 37 heavy (non-hydrogen) atoms. The van der Waals surface area contributed by atoms with Gasteiger partial charge in [-0.15, -0.1) is 0 Å². The molecule has 1 fully saturated rings. The summed E-state index contributed by atoms with van der Waals surface area (Å²) in [5, 5.41) is 13.3. The standard InChI is InChI=1S/C26H29N7O2S2/c1-37(35)32-11-8-20(9-12-32)33-16-22(18-3-2-4-19(14-18)25(27)36)21-6-5-17(13-23(21)33)15-28-26(34)30-24-7-10-29-31-24/h2-7,10,13-14,16,20H,8-9,11-12,15H2,1H3,(H2,27,36)(H3,28,29,30,31,34). The van der Waals surface area contributed by atoms with Gasteiger partial charge in [0.25, 0.3) is 0 Å². The first-order chi connectivity index (χ1) is 17.9. The second kappa shape index (κ2) is 10.8. The maximum atomic E-state index is 12.3. The number of rotatable bonds is 7. The number of hydrogen-bond donors (Lipinski definition) is 4. The highest BCUT2D eigenvalue weighted by Crippen LogP contribution is 2.36. The smallest absolute Gasteiger partial charge is 0.320 e. The van der Waals surface area contributed by atoms with Crippen LogP contribution in [0, 0.1) is 0 Å². The number of benzene rings is 2. The number of nitrogens with two attached hydrogens (primary N) is 1. The minimum Gasteiger partial charge on any atom is -0.389 e. The molecule has 1 aliphatic rings. The average molecular weight is 536 g/mol. The Kier molecular flexibility index (Phi) is 7.36. The molecular weight excluding hydrogens is 506 g/mol. The summed E-state index contributed by atoms with van der Waals surface area (Å²) < 4.78 is 16.3. The molecule has 11 heteroatoms. The van der Waals surface area contributed by atoms with Gasteiger partial charge in [0.05, 0.1) is 17.2 Å². The summed E-state index contributed by atoms with van der Waals surface area (Å²) in [7, 11) is -0.958. The van der Waals surface area contributed by atoms with Crippen LogP contribution in [0.25, 0.3) is 22.0 Å². The number of nitrogens with zero attached hydrogens (tertiary/aromatic N) is 3. The topological polar surface area (TPSA) is 121 Å². The summed E-state index contributed by atoms with van der Waals surface area (Å²) in [4.78, 5) is 12.7. The fourth-order valence-corrected chi connectivity index (χ4v) is 5.68. The number of thiocarbonyl (C=S) groups is 1. The number of carbonyl (C=O) groups is 1. The largest absolute Gasteiger partial charge is 0.389 e. The van der Waals surface area contributed by atoms with E-state index in [9.17, 15) is 9.00 Å². The Bertz CT molecular complexity index is 1460. The van der Waals surface area contributed by atoms with Crippen LogP contribution in [0.2, 0.25) is 0 Å². The van der Waals surface area contributed by atoms with Crippen LogP contribution in [0.5, 0.6) is 0 Å². The number of hydrogen-bond acceptors (Lipinski definition) is 4. The zero-order chi connectivity index (χ0) is 25.9. The Morgan fingerprint density at radius 3 is 2.73 bits per heavy atom. The third-order valence-corrected chi connectivity index (χ3v) is 8.07. The van der Waals surface area contributed by atoms with E-state index in [-0.39, 0.29) is 12.1 Å². The van der Waals surface area contributed by atoms with Crippen molar-refractivity contribution in [3.63, 3.8) is 0 Å². The van der Waals surface area contributed by atoms with E-state index in [0.717, 1.165) is 59.1 Å². The predicted octanol–water partition coefficient (Wildman–Crippen LogP) is 3.92. The van der Waals surface area contributed by atoms with Gasteiger partial charge in [0.1, 0.15) is 10.8 Å². The van der Waals surface area contributed by atoms with Crippen molar-refractivity contribution in [3.05, 3.63) is 72.1 Å². The zero-order valence-electron chi connectivity index (χ0n) is 20.4. The van der Waals surface area contributed by atoms with Gasteiger partial charge in [0, 0.05) is 66.2 Å². The molecule has 1 saturated heterocycles. The Hall–Kier alpha value is -3.54. The molecule has 1 aliphatic heterocycles. The van der Waals surface area contributed by atoms with E-state index in [0.29, 0.717) is 17.4 Å². The molecule has 0 bridgehead atoms. The molecule has 0 spiro atoms. The summed E-state index contributed by atoms with van der Waals surface area (Å²) >= 11 is 5.21. The van der Waals surface area contributed by atoms with Crippen molar-refractivity contribution in [1.29, 1.82) is 0 Å². The number of anilines is 1. The Labute approximate surface area is 223 Å². The third kappa shape index (κ3) is 5.58. The second-order valence-corrected chi connectivity index (χ2v) is 10.9. The summed E-state index contributed by atoms with van der Waals surface area (Å²) in [6.45, 7) is 1.95. The van der Waals surface area contributed by atoms with Crippen molar-refractivity contribution in [3.8, 4) is 11.1 Å². The first-order valence-electron chi connectivity index (χ1n) is 12.1. The number of nitrogens with one attached hydrogen (secondary N) is 3. The Morgan fingerprint density at radius 2 is 2.03 bits per heavy atom. The SMILES string of the molecule is CS(=O)N1CCC(n2cc(-c3cccc(C(N)=S)c3)c3ccc(CNC(=O)Nc4ccn[nH]4)cc32)CC1. The molecule has 0 radical (unpaired) electrons. The van der Waals surface area contributed by atoms with Crippen LogP contribution in [0.15, 0.2) is 60.9 Å². The number of aromatic amines is 1. The number of aromatic nitrogens is 3. The highest BCUT2D eigenvalue weighted by molar-refractivity contribution is 7.81. The lowest BCUT2D eigenvalue weighted by atomic mass is 10.0. The number of amides is 2. The summed E-state index contributed by atoms with van der Waals surface area (Å²) in [6, 6.07) is 15.9. The molecule has 0 saturated carbocycles. The van der Waals surface area contributed by atoms with Crippen molar-refractivity contribution >= 4 is 50.9 Å². The predicted molar refractivity (Wildman–Crippen MR) is 152 cm³/mol. The minimum atomic E-state index is -0.958. The average Bonchev–Trinajstić information content (AvgIpc) is 3.55. The van der Waals surface area contributed by atoms with E-state index in [2.05, 4.69) is 49.8 Å². The van der Waals surface area contributed by atoms with Crippen LogP contribution >= 0.6 is 12.2 Å². The van der Waals surface area contributed by atoms with Gasteiger partial charge in [0.15, 0.2) is 0 Å². The maximum Gasteiger partial charge on any atom is 0.320 e. The molecule has 192 valence electrons. The number of piperidine rings is 1. The van der Waals surface area contributed by atoms with Crippen molar-refractivity contribution in [2.45, 2.75) is 25.4 Å². The van der Waals surface area contributed by atoms with Gasteiger partial charge >= 0.3 is 6.03 Å². The summed E-state index contributed by atoms with van der Waals surface area (Å²) in [6.07, 6.45) is 7.33. The highest BCUT2D eigenvalue weighted by Gasteiger charge is 2.24. The lowest BCUT2D eigenvalue weighted by Gasteiger charge is -2.31. The molecule has 1 unspecified atom stereocenters. The summed E-state index contributed by atoms with van der Waals surface area (Å²) in [5.41, 5.74) is 11.0. The number of fused-ring (bicyclic) bond motifs is 1. The molecule has 0 aliphatic carbocycles. The molecule has 2 aromatic carbocycles. The van der Waals surface area contributed by atoms with Gasteiger partial charge in [0.2, 0.25) is 0 Å². The normalized spacial score (nSPS) is 15.5. The van der Waals surface area contributed by atoms with E-state index in [4.69, 9.17) is 18.0 Å². The van der Waals surface area contributed by atoms with Crippen LogP contribution in [0.3, 0.4) is 0 Å². The van der Waals surface area contributed by atoms with Gasteiger partial charge in [-0.1, -0.05) is 42.5 Å². The molecule has 9 nitrogen and oxygen atoms in total. The van der Waals surface area contributed by atoms with Crippen molar-refractivity contribution < 1.29 is 9.00 Å². The fraction of sp³-hybridized carbons (Fsp3) is 0.269. The fourth-order valence-electron chi connectivity index (χ4n) is 4.83. The van der Waals surface area contributed by atoms with E-state index in [1.807, 2.05) is 28.6 Å². The molecule has 1 atom stereocenters. The molecule has 2 amide bonds. The van der Waals surface area contributed by atoms with Gasteiger partial charge in [-0.2, -0.15) is 5.10 Å². The first-order valence-corrected chi connectivity index (χ1v) is 14.0. The molecular formula is C26H29N7O2S2. The highest BCUT2D eigenvalue weighted by atomic mass is 32.2. The van der Waals surface area contributed by atoms with Crippen LogP contribution in [-0.4, -0.2) is 53.6 Å². The molecule has 5 N–H and O–H groups in total. The second-order valence-electron chi connectivity index (χ2n) is 9.11. The molecule has 2 aromatic heterocycles. The number of carbonyl (C=O) groups excluding carboxylic acids is 1. The Balaban J connectivity index is 1.46. The van der Waals surface area contributed by atoms with E-state index in [1.165, 1.54) is 0 Å². The van der Waals surface area contributed by atoms with E-state index >= 15 is 0 Å².